The molecule has 2 atom stereocenters. The van der Waals surface area contributed by atoms with Crippen molar-refractivity contribution >= 4 is 11.5 Å². The number of hydrogen-bond donors (Lipinski definition) is 1. The van der Waals surface area contributed by atoms with Crippen molar-refractivity contribution in [2.24, 2.45) is 0 Å². The molecule has 2 aliphatic rings. The van der Waals surface area contributed by atoms with Crippen LogP contribution in [0.4, 0.5) is 11.5 Å². The van der Waals surface area contributed by atoms with Crippen molar-refractivity contribution in [2.45, 2.75) is 90.4 Å². The molecule has 1 aliphatic carbocycles. The Morgan fingerprint density at radius 3 is 2.56 bits per heavy atom. The number of nitrogens with two attached hydrogens (primary N) is 1. The first kappa shape index (κ1) is 22.6. The highest BCUT2D eigenvalue weighted by molar-refractivity contribution is 5.63. The summed E-state index contributed by atoms with van der Waals surface area (Å²) in [5.41, 5.74) is 12.5. The average molecular weight is 432 g/mol. The molecule has 1 aromatic carbocycles. The Kier molecular flexibility index (Phi) is 6.98. The fourth-order valence-corrected chi connectivity index (χ4v) is 5.46. The molecule has 2 aromatic rings. The molecule has 2 N–H and O–H groups in total. The van der Waals surface area contributed by atoms with Gasteiger partial charge in [0.2, 0.25) is 0 Å². The number of nitrogens with zero attached hydrogens (tertiary/aromatic N) is 4. The van der Waals surface area contributed by atoms with E-state index in [4.69, 9.17) is 15.7 Å². The fourth-order valence-electron chi connectivity index (χ4n) is 5.46. The van der Waals surface area contributed by atoms with Crippen LogP contribution in [0, 0.1) is 11.3 Å². The second-order valence-electron chi connectivity index (χ2n) is 9.54. The SMILES string of the molecule is CCc1nc2c(c(N3CCCCCC3)n1)CCC(c1c(C(C)CC)ccc(N)c1C#N)C2. The molecule has 4 rings (SSSR count). The lowest BCUT2D eigenvalue weighted by molar-refractivity contribution is 0.553. The molecule has 0 spiro atoms. The monoisotopic (exact) mass is 431 g/mol. The molecule has 1 saturated heterocycles. The van der Waals surface area contributed by atoms with Crippen LogP contribution in [-0.2, 0) is 19.3 Å². The first-order valence-corrected chi connectivity index (χ1v) is 12.5. The van der Waals surface area contributed by atoms with Crippen LogP contribution >= 0.6 is 0 Å². The van der Waals surface area contributed by atoms with E-state index in [1.54, 1.807) is 0 Å². The summed E-state index contributed by atoms with van der Waals surface area (Å²) in [5, 5.41) is 9.96. The van der Waals surface area contributed by atoms with E-state index in [0.29, 0.717) is 17.2 Å². The molecule has 32 heavy (non-hydrogen) atoms. The van der Waals surface area contributed by atoms with E-state index in [-0.39, 0.29) is 5.92 Å². The molecule has 2 heterocycles. The number of anilines is 2. The average Bonchev–Trinajstić information content (AvgIpc) is 3.11. The number of rotatable bonds is 5. The van der Waals surface area contributed by atoms with E-state index in [1.165, 1.54) is 53.9 Å². The van der Waals surface area contributed by atoms with Crippen molar-refractivity contribution in [2.75, 3.05) is 23.7 Å². The van der Waals surface area contributed by atoms with E-state index in [2.05, 4.69) is 37.8 Å². The van der Waals surface area contributed by atoms with Gasteiger partial charge in [-0.05, 0) is 67.6 Å². The lowest BCUT2D eigenvalue weighted by atomic mass is 9.76. The minimum atomic E-state index is 0.279. The van der Waals surface area contributed by atoms with Crippen LogP contribution in [0.25, 0.3) is 0 Å². The number of fused-ring (bicyclic) bond motifs is 1. The minimum Gasteiger partial charge on any atom is -0.398 e. The third-order valence-electron chi connectivity index (χ3n) is 7.50. The van der Waals surface area contributed by atoms with Gasteiger partial charge in [0, 0.05) is 30.8 Å². The predicted molar refractivity (Wildman–Crippen MR) is 131 cm³/mol. The van der Waals surface area contributed by atoms with Gasteiger partial charge in [0.15, 0.2) is 0 Å². The smallest absolute Gasteiger partial charge is 0.135 e. The van der Waals surface area contributed by atoms with Gasteiger partial charge < -0.3 is 10.6 Å². The standard InChI is InChI=1S/C27H37N5/c1-4-18(3)20-12-13-23(29)22(17-28)26(20)19-10-11-21-24(16-19)30-25(5-2)31-27(21)32-14-8-6-7-9-15-32/h12-13,18-19H,4-11,14-16,29H2,1-3H3. The Morgan fingerprint density at radius 2 is 1.91 bits per heavy atom. The van der Waals surface area contributed by atoms with Gasteiger partial charge in [-0.2, -0.15) is 5.26 Å². The van der Waals surface area contributed by atoms with Gasteiger partial charge in [-0.25, -0.2) is 9.97 Å². The Bertz CT molecular complexity index is 998. The molecule has 5 nitrogen and oxygen atoms in total. The maximum Gasteiger partial charge on any atom is 0.135 e. The van der Waals surface area contributed by atoms with Crippen LogP contribution in [0.15, 0.2) is 12.1 Å². The molecule has 1 aromatic heterocycles. The van der Waals surface area contributed by atoms with Crippen molar-refractivity contribution in [1.82, 2.24) is 9.97 Å². The zero-order valence-corrected chi connectivity index (χ0v) is 20.0. The number of nitrogen functional groups attached to an aromatic ring is 1. The van der Waals surface area contributed by atoms with Crippen LogP contribution in [0.5, 0.6) is 0 Å². The first-order chi connectivity index (χ1) is 15.6. The summed E-state index contributed by atoms with van der Waals surface area (Å²) < 4.78 is 0. The molecule has 0 bridgehead atoms. The number of aromatic nitrogens is 2. The number of hydrogen-bond acceptors (Lipinski definition) is 5. The van der Waals surface area contributed by atoms with E-state index < -0.39 is 0 Å². The molecule has 0 radical (unpaired) electrons. The summed E-state index contributed by atoms with van der Waals surface area (Å²) in [5.74, 6) is 2.81. The van der Waals surface area contributed by atoms with E-state index in [0.717, 1.165) is 51.0 Å². The quantitative estimate of drug-likeness (QED) is 0.618. The summed E-state index contributed by atoms with van der Waals surface area (Å²) in [6, 6.07) is 6.49. The third kappa shape index (κ3) is 4.33. The van der Waals surface area contributed by atoms with Crippen LogP contribution < -0.4 is 10.6 Å². The summed E-state index contributed by atoms with van der Waals surface area (Å²) in [7, 11) is 0. The van der Waals surface area contributed by atoms with Crippen LogP contribution in [0.2, 0.25) is 0 Å². The molecule has 1 fully saturated rings. The van der Waals surface area contributed by atoms with Gasteiger partial charge in [0.25, 0.3) is 0 Å². The van der Waals surface area contributed by atoms with Gasteiger partial charge in [-0.1, -0.05) is 39.7 Å². The molecule has 170 valence electrons. The highest BCUT2D eigenvalue weighted by Gasteiger charge is 2.31. The van der Waals surface area contributed by atoms with Crippen LogP contribution in [-0.4, -0.2) is 23.1 Å². The molecular formula is C27H37N5. The lowest BCUT2D eigenvalue weighted by Crippen LogP contribution is -2.29. The molecule has 0 saturated carbocycles. The number of nitriles is 1. The fraction of sp³-hybridized carbons (Fsp3) is 0.593. The van der Waals surface area contributed by atoms with Crippen molar-refractivity contribution < 1.29 is 0 Å². The minimum absolute atomic E-state index is 0.279. The van der Waals surface area contributed by atoms with Gasteiger partial charge >= 0.3 is 0 Å². The van der Waals surface area contributed by atoms with Crippen molar-refractivity contribution in [3.8, 4) is 6.07 Å². The maximum absolute atomic E-state index is 9.96. The maximum atomic E-state index is 9.96. The summed E-state index contributed by atoms with van der Waals surface area (Å²) in [6.07, 6.45) is 9.87. The number of benzene rings is 1. The molecule has 2 unspecified atom stereocenters. The normalized spacial score (nSPS) is 19.7. The van der Waals surface area contributed by atoms with Crippen LogP contribution in [0.1, 0.15) is 105 Å². The lowest BCUT2D eigenvalue weighted by Gasteiger charge is -2.32. The predicted octanol–water partition coefficient (Wildman–Crippen LogP) is 5.66. The van der Waals surface area contributed by atoms with E-state index >= 15 is 0 Å². The number of aryl methyl sites for hydroxylation is 1. The second kappa shape index (κ2) is 9.90. The highest BCUT2D eigenvalue weighted by Crippen LogP contribution is 2.41. The molecule has 0 amide bonds. The van der Waals surface area contributed by atoms with E-state index in [1.807, 2.05) is 6.07 Å². The molecular weight excluding hydrogens is 394 g/mol. The zero-order valence-electron chi connectivity index (χ0n) is 20.0. The first-order valence-electron chi connectivity index (χ1n) is 12.5. The largest absolute Gasteiger partial charge is 0.398 e. The Hall–Kier alpha value is -2.61. The summed E-state index contributed by atoms with van der Waals surface area (Å²) in [4.78, 5) is 12.5. The summed E-state index contributed by atoms with van der Waals surface area (Å²) in [6.45, 7) is 8.80. The zero-order chi connectivity index (χ0) is 22.7. The Morgan fingerprint density at radius 1 is 1.16 bits per heavy atom. The van der Waals surface area contributed by atoms with Crippen molar-refractivity contribution in [3.63, 3.8) is 0 Å². The Balaban J connectivity index is 1.76. The summed E-state index contributed by atoms with van der Waals surface area (Å²) >= 11 is 0. The van der Waals surface area contributed by atoms with Crippen molar-refractivity contribution in [3.05, 3.63) is 45.9 Å². The second-order valence-corrected chi connectivity index (χ2v) is 9.54. The van der Waals surface area contributed by atoms with Gasteiger partial charge in [-0.15, -0.1) is 0 Å². The van der Waals surface area contributed by atoms with Crippen LogP contribution in [0.3, 0.4) is 0 Å². The van der Waals surface area contributed by atoms with E-state index in [9.17, 15) is 5.26 Å². The van der Waals surface area contributed by atoms with Crippen molar-refractivity contribution in [1.29, 1.82) is 5.26 Å². The van der Waals surface area contributed by atoms with Gasteiger partial charge in [0.1, 0.15) is 17.7 Å². The molecule has 5 heteroatoms. The third-order valence-corrected chi connectivity index (χ3v) is 7.50. The Labute approximate surface area is 193 Å². The van der Waals surface area contributed by atoms with Gasteiger partial charge in [0.05, 0.1) is 11.3 Å². The topological polar surface area (TPSA) is 78.8 Å². The molecule has 1 aliphatic heterocycles. The highest BCUT2D eigenvalue weighted by atomic mass is 15.2. The van der Waals surface area contributed by atoms with Gasteiger partial charge in [-0.3, -0.25) is 0 Å².